The number of nitrogens with zero attached hydrogens (tertiary/aromatic N) is 1. The first kappa shape index (κ1) is 15.5. The molecule has 4 nitrogen and oxygen atoms in total. The Kier molecular flexibility index (Phi) is 5.11. The summed E-state index contributed by atoms with van der Waals surface area (Å²) in [5.41, 5.74) is 2.49. The zero-order chi connectivity index (χ0) is 15.4. The highest BCUT2D eigenvalue weighted by molar-refractivity contribution is 5.76. The fourth-order valence-corrected chi connectivity index (χ4v) is 3.38. The largest absolute Gasteiger partial charge is 0.350 e. The Morgan fingerprint density at radius 1 is 1.32 bits per heavy atom. The van der Waals surface area contributed by atoms with Gasteiger partial charge in [-0.1, -0.05) is 29.8 Å². The van der Waals surface area contributed by atoms with Crippen molar-refractivity contribution in [2.45, 2.75) is 38.9 Å². The molecule has 0 aromatic heterocycles. The Balaban J connectivity index is 1.51. The second kappa shape index (κ2) is 7.25. The molecule has 1 aromatic rings. The highest BCUT2D eigenvalue weighted by Gasteiger charge is 2.32. The van der Waals surface area contributed by atoms with Crippen LogP contribution in [0.5, 0.6) is 0 Å². The van der Waals surface area contributed by atoms with Crippen molar-refractivity contribution in [3.63, 3.8) is 0 Å². The van der Waals surface area contributed by atoms with Gasteiger partial charge in [0.05, 0.1) is 13.2 Å². The summed E-state index contributed by atoms with van der Waals surface area (Å²) >= 11 is 0. The second-order valence-electron chi connectivity index (χ2n) is 6.34. The first-order valence-corrected chi connectivity index (χ1v) is 8.29. The van der Waals surface area contributed by atoms with Crippen molar-refractivity contribution in [3.8, 4) is 0 Å². The normalized spacial score (nSPS) is 23.0. The minimum atomic E-state index is -0.104. The predicted octanol–water partition coefficient (Wildman–Crippen LogP) is 2.54. The first-order chi connectivity index (χ1) is 10.7. The van der Waals surface area contributed by atoms with Gasteiger partial charge in [-0.25, -0.2) is 0 Å². The molecule has 120 valence electrons. The molecule has 3 rings (SSSR count). The van der Waals surface area contributed by atoms with E-state index in [0.29, 0.717) is 25.6 Å². The summed E-state index contributed by atoms with van der Waals surface area (Å²) in [4.78, 5) is 14.5. The van der Waals surface area contributed by atoms with Crippen molar-refractivity contribution < 1.29 is 14.3 Å². The Morgan fingerprint density at radius 2 is 2.14 bits per heavy atom. The zero-order valence-corrected chi connectivity index (χ0v) is 13.3. The van der Waals surface area contributed by atoms with Crippen LogP contribution in [0.3, 0.4) is 0 Å². The molecule has 2 fully saturated rings. The number of hydrogen-bond acceptors (Lipinski definition) is 3. The monoisotopic (exact) mass is 303 g/mol. The molecule has 4 heteroatoms. The maximum Gasteiger partial charge on any atom is 0.222 e. The number of hydrogen-bond donors (Lipinski definition) is 0. The molecule has 1 aromatic carbocycles. The van der Waals surface area contributed by atoms with Crippen LogP contribution in [0.2, 0.25) is 0 Å². The van der Waals surface area contributed by atoms with E-state index in [1.165, 1.54) is 11.1 Å². The minimum absolute atomic E-state index is 0.104. The molecular weight excluding hydrogens is 278 g/mol. The van der Waals surface area contributed by atoms with E-state index in [9.17, 15) is 4.79 Å². The molecule has 0 spiro atoms. The molecule has 0 saturated carbocycles. The van der Waals surface area contributed by atoms with Crippen LogP contribution in [0, 0.1) is 12.8 Å². The standard InChI is InChI=1S/C18H25NO3/c1-14-4-2-5-15(12-14)7-8-17(20)19-9-3-6-16(13-19)18-21-10-11-22-18/h2,4-5,12,16,18H,3,6-11,13H2,1H3. The van der Waals surface area contributed by atoms with Crippen molar-refractivity contribution in [2.24, 2.45) is 5.92 Å². The SMILES string of the molecule is Cc1cccc(CCC(=O)N2CCCC(C3OCCO3)C2)c1. The Bertz CT molecular complexity index is 511. The molecular formula is C18H25NO3. The first-order valence-electron chi connectivity index (χ1n) is 8.29. The number of likely N-dealkylation sites (tertiary alicyclic amines) is 1. The molecule has 1 unspecified atom stereocenters. The molecule has 0 N–H and O–H groups in total. The van der Waals surface area contributed by atoms with Crippen LogP contribution >= 0.6 is 0 Å². The van der Waals surface area contributed by atoms with Gasteiger partial charge in [0.15, 0.2) is 6.29 Å². The summed E-state index contributed by atoms with van der Waals surface area (Å²) in [5.74, 6) is 0.586. The number of rotatable bonds is 4. The van der Waals surface area contributed by atoms with E-state index in [4.69, 9.17) is 9.47 Å². The lowest BCUT2D eigenvalue weighted by Gasteiger charge is -2.34. The van der Waals surface area contributed by atoms with E-state index in [-0.39, 0.29) is 12.2 Å². The summed E-state index contributed by atoms with van der Waals surface area (Å²) in [6.07, 6.45) is 3.43. The van der Waals surface area contributed by atoms with Gasteiger partial charge in [-0.05, 0) is 31.7 Å². The third-order valence-electron chi connectivity index (χ3n) is 4.55. The maximum atomic E-state index is 12.5. The average Bonchev–Trinajstić information content (AvgIpc) is 3.07. The van der Waals surface area contributed by atoms with Crippen molar-refractivity contribution in [1.82, 2.24) is 4.90 Å². The van der Waals surface area contributed by atoms with Crippen LogP contribution in [-0.4, -0.2) is 43.4 Å². The van der Waals surface area contributed by atoms with Crippen LogP contribution in [0.4, 0.5) is 0 Å². The van der Waals surface area contributed by atoms with Crippen LogP contribution in [0.25, 0.3) is 0 Å². The molecule has 1 amide bonds. The molecule has 2 aliphatic heterocycles. The quantitative estimate of drug-likeness (QED) is 0.858. The average molecular weight is 303 g/mol. The van der Waals surface area contributed by atoms with Crippen molar-refractivity contribution >= 4 is 5.91 Å². The Hall–Kier alpha value is -1.39. The van der Waals surface area contributed by atoms with Gasteiger partial charge in [0, 0.05) is 25.4 Å². The van der Waals surface area contributed by atoms with Crippen LogP contribution in [-0.2, 0) is 20.7 Å². The molecule has 1 atom stereocenters. The fraction of sp³-hybridized carbons (Fsp3) is 0.611. The van der Waals surface area contributed by atoms with Crippen molar-refractivity contribution in [3.05, 3.63) is 35.4 Å². The Morgan fingerprint density at radius 3 is 2.91 bits per heavy atom. The summed E-state index contributed by atoms with van der Waals surface area (Å²) in [6, 6.07) is 8.40. The number of ether oxygens (including phenoxy) is 2. The van der Waals surface area contributed by atoms with E-state index in [0.717, 1.165) is 32.4 Å². The summed E-state index contributed by atoms with van der Waals surface area (Å²) in [5, 5.41) is 0. The van der Waals surface area contributed by atoms with Crippen molar-refractivity contribution in [2.75, 3.05) is 26.3 Å². The molecule has 2 aliphatic rings. The van der Waals surface area contributed by atoms with Gasteiger partial charge < -0.3 is 14.4 Å². The highest BCUT2D eigenvalue weighted by atomic mass is 16.7. The van der Waals surface area contributed by atoms with Crippen molar-refractivity contribution in [1.29, 1.82) is 0 Å². The third-order valence-corrected chi connectivity index (χ3v) is 4.55. The summed E-state index contributed by atoms with van der Waals surface area (Å²) in [6.45, 7) is 5.10. The number of amides is 1. The van der Waals surface area contributed by atoms with Gasteiger partial charge >= 0.3 is 0 Å². The van der Waals surface area contributed by atoms with Gasteiger partial charge in [0.25, 0.3) is 0 Å². The number of carbonyl (C=O) groups excluding carboxylic acids is 1. The fourth-order valence-electron chi connectivity index (χ4n) is 3.38. The van der Waals surface area contributed by atoms with Crippen LogP contribution < -0.4 is 0 Å². The van der Waals surface area contributed by atoms with E-state index in [1.807, 2.05) is 4.90 Å². The van der Waals surface area contributed by atoms with Crippen LogP contribution in [0.15, 0.2) is 24.3 Å². The topological polar surface area (TPSA) is 38.8 Å². The number of aryl methyl sites for hydroxylation is 2. The van der Waals surface area contributed by atoms with E-state index in [1.54, 1.807) is 0 Å². The molecule has 0 aliphatic carbocycles. The van der Waals surface area contributed by atoms with E-state index in [2.05, 4.69) is 31.2 Å². The second-order valence-corrected chi connectivity index (χ2v) is 6.34. The number of benzene rings is 1. The lowest BCUT2D eigenvalue weighted by atomic mass is 9.96. The zero-order valence-electron chi connectivity index (χ0n) is 13.3. The van der Waals surface area contributed by atoms with E-state index < -0.39 is 0 Å². The predicted molar refractivity (Wildman–Crippen MR) is 84.5 cm³/mol. The van der Waals surface area contributed by atoms with E-state index >= 15 is 0 Å². The molecule has 2 heterocycles. The smallest absolute Gasteiger partial charge is 0.222 e. The van der Waals surface area contributed by atoms with Crippen LogP contribution in [0.1, 0.15) is 30.4 Å². The molecule has 22 heavy (non-hydrogen) atoms. The number of carbonyl (C=O) groups is 1. The lowest BCUT2D eigenvalue weighted by Crippen LogP contribution is -2.43. The van der Waals surface area contributed by atoms with Gasteiger partial charge in [0.2, 0.25) is 5.91 Å². The van der Waals surface area contributed by atoms with Gasteiger partial charge in [-0.3, -0.25) is 4.79 Å². The summed E-state index contributed by atoms with van der Waals surface area (Å²) in [7, 11) is 0. The van der Waals surface area contributed by atoms with Gasteiger partial charge in [-0.2, -0.15) is 0 Å². The third kappa shape index (κ3) is 3.87. The lowest BCUT2D eigenvalue weighted by molar-refractivity contribution is -0.139. The maximum absolute atomic E-state index is 12.5. The molecule has 2 saturated heterocycles. The number of piperidine rings is 1. The van der Waals surface area contributed by atoms with Gasteiger partial charge in [0.1, 0.15) is 0 Å². The summed E-state index contributed by atoms with van der Waals surface area (Å²) < 4.78 is 11.2. The molecule has 0 radical (unpaired) electrons. The van der Waals surface area contributed by atoms with Gasteiger partial charge in [-0.15, -0.1) is 0 Å². The highest BCUT2D eigenvalue weighted by Crippen LogP contribution is 2.25. The Labute approximate surface area is 132 Å². The molecule has 0 bridgehead atoms. The minimum Gasteiger partial charge on any atom is -0.350 e.